The van der Waals surface area contributed by atoms with Gasteiger partial charge in [-0.3, -0.25) is 0 Å². The van der Waals surface area contributed by atoms with Crippen LogP contribution in [0, 0.1) is 12.7 Å². The molecule has 2 aromatic carbocycles. The summed E-state index contributed by atoms with van der Waals surface area (Å²) >= 11 is 0. The molecule has 3 rings (SSSR count). The van der Waals surface area contributed by atoms with Crippen molar-refractivity contribution < 1.29 is 35.5 Å². The molecule has 1 aliphatic heterocycles. The molecule has 2 amide bonds. The molecule has 0 spiro atoms. The number of nitrogens with zero attached hydrogens (tertiary/aromatic N) is 2. The standard InChI is InChI=1S/C25H28F7N3O/c1-14-10-19(26)7-8-20(14)22-21(33-3)6-5-9-35(22)23(36)34(4)15(2)16-11-17(24(27,28)29)13-18(12-16)25(30,31)32/h7-8,10-13,15,21-22,33H,5-6,9H2,1-4H3. The van der Waals surface area contributed by atoms with Crippen molar-refractivity contribution >= 4 is 6.03 Å². The van der Waals surface area contributed by atoms with Crippen LogP contribution < -0.4 is 5.32 Å². The minimum Gasteiger partial charge on any atom is -0.321 e. The smallest absolute Gasteiger partial charge is 0.321 e. The molecular formula is C25H28F7N3O. The number of aryl methyl sites for hydroxylation is 1. The van der Waals surface area contributed by atoms with E-state index in [0.29, 0.717) is 36.2 Å². The van der Waals surface area contributed by atoms with Gasteiger partial charge in [0.05, 0.1) is 23.2 Å². The number of urea groups is 1. The monoisotopic (exact) mass is 519 g/mol. The van der Waals surface area contributed by atoms with E-state index < -0.39 is 47.4 Å². The Hall–Kier alpha value is -2.82. The van der Waals surface area contributed by atoms with Crippen LogP contribution in [-0.2, 0) is 12.4 Å². The maximum atomic E-state index is 13.7. The summed E-state index contributed by atoms with van der Waals surface area (Å²) in [7, 11) is 3.08. The van der Waals surface area contributed by atoms with Gasteiger partial charge in [0, 0.05) is 19.6 Å². The van der Waals surface area contributed by atoms with Gasteiger partial charge in [0.2, 0.25) is 0 Å². The van der Waals surface area contributed by atoms with Gasteiger partial charge in [-0.15, -0.1) is 0 Å². The summed E-state index contributed by atoms with van der Waals surface area (Å²) in [6.07, 6.45) is -8.62. The number of hydrogen-bond donors (Lipinski definition) is 1. The van der Waals surface area contributed by atoms with Crippen LogP contribution in [0.4, 0.5) is 35.5 Å². The fraction of sp³-hybridized carbons (Fsp3) is 0.480. The molecule has 0 radical (unpaired) electrons. The third-order valence-electron chi connectivity index (χ3n) is 6.77. The van der Waals surface area contributed by atoms with Crippen LogP contribution >= 0.6 is 0 Å². The van der Waals surface area contributed by atoms with Gasteiger partial charge in [0.25, 0.3) is 0 Å². The summed E-state index contributed by atoms with van der Waals surface area (Å²) in [5, 5.41) is 3.17. The number of hydrogen-bond acceptors (Lipinski definition) is 2. The lowest BCUT2D eigenvalue weighted by molar-refractivity contribution is -0.143. The molecule has 3 atom stereocenters. The Bertz CT molecular complexity index is 1070. The van der Waals surface area contributed by atoms with E-state index in [4.69, 9.17) is 0 Å². The molecule has 0 saturated carbocycles. The Labute approximate surface area is 205 Å². The number of halogens is 7. The van der Waals surface area contributed by atoms with Crippen LogP contribution in [0.2, 0.25) is 0 Å². The van der Waals surface area contributed by atoms with Gasteiger partial charge in [-0.2, -0.15) is 26.3 Å². The van der Waals surface area contributed by atoms with Crippen LogP contribution in [0.1, 0.15) is 59.7 Å². The van der Waals surface area contributed by atoms with Crippen LogP contribution in [0.15, 0.2) is 36.4 Å². The summed E-state index contributed by atoms with van der Waals surface area (Å²) in [4.78, 5) is 16.3. The molecule has 1 fully saturated rings. The highest BCUT2D eigenvalue weighted by atomic mass is 19.4. The first-order valence-electron chi connectivity index (χ1n) is 11.4. The average molecular weight is 520 g/mol. The fourth-order valence-corrected chi connectivity index (χ4v) is 4.68. The summed E-state index contributed by atoms with van der Waals surface area (Å²) < 4.78 is 93.8. The summed E-state index contributed by atoms with van der Waals surface area (Å²) in [5.41, 5.74) is -1.82. The lowest BCUT2D eigenvalue weighted by Crippen LogP contribution is -2.53. The Morgan fingerprint density at radius 1 is 1.06 bits per heavy atom. The molecule has 0 aromatic heterocycles. The van der Waals surface area contributed by atoms with Crippen molar-refractivity contribution in [3.8, 4) is 0 Å². The second kappa shape index (κ2) is 10.3. The van der Waals surface area contributed by atoms with E-state index in [1.807, 2.05) is 0 Å². The SMILES string of the molecule is CNC1CCCN(C(=O)N(C)C(C)c2cc(C(F)(F)F)cc(C(F)(F)F)c2)C1c1ccc(F)cc1C. The molecule has 0 aliphatic carbocycles. The van der Waals surface area contributed by atoms with Gasteiger partial charge in [-0.1, -0.05) is 6.07 Å². The first-order valence-corrected chi connectivity index (χ1v) is 11.4. The lowest BCUT2D eigenvalue weighted by atomic mass is 9.88. The molecular weight excluding hydrogens is 491 g/mol. The van der Waals surface area contributed by atoms with Crippen molar-refractivity contribution in [1.29, 1.82) is 0 Å². The minimum absolute atomic E-state index is 0.0630. The van der Waals surface area contributed by atoms with E-state index >= 15 is 0 Å². The summed E-state index contributed by atoms with van der Waals surface area (Å²) in [6, 6.07) is 3.25. The van der Waals surface area contributed by atoms with E-state index in [1.165, 1.54) is 26.1 Å². The molecule has 0 bridgehead atoms. The molecule has 1 aliphatic rings. The fourth-order valence-electron chi connectivity index (χ4n) is 4.68. The predicted octanol–water partition coefficient (Wildman–Crippen LogP) is 6.71. The quantitative estimate of drug-likeness (QED) is 0.456. The van der Waals surface area contributed by atoms with Gasteiger partial charge in [-0.25, -0.2) is 9.18 Å². The molecule has 11 heteroatoms. The highest BCUT2D eigenvalue weighted by Crippen LogP contribution is 2.39. The van der Waals surface area contributed by atoms with Crippen LogP contribution in [0.25, 0.3) is 0 Å². The summed E-state index contributed by atoms with van der Waals surface area (Å²) in [5.74, 6) is -0.429. The highest BCUT2D eigenvalue weighted by Gasteiger charge is 2.40. The Balaban J connectivity index is 1.99. The lowest BCUT2D eigenvalue weighted by Gasteiger charge is -2.44. The van der Waals surface area contributed by atoms with Gasteiger partial charge < -0.3 is 15.1 Å². The van der Waals surface area contributed by atoms with Crippen molar-refractivity contribution in [2.24, 2.45) is 0 Å². The molecule has 1 N–H and O–H groups in total. The van der Waals surface area contributed by atoms with Crippen molar-refractivity contribution in [1.82, 2.24) is 15.1 Å². The van der Waals surface area contributed by atoms with Crippen molar-refractivity contribution in [3.05, 3.63) is 70.0 Å². The first kappa shape index (κ1) is 27.8. The van der Waals surface area contributed by atoms with Crippen molar-refractivity contribution in [3.63, 3.8) is 0 Å². The maximum absolute atomic E-state index is 13.7. The van der Waals surface area contributed by atoms with E-state index in [1.54, 1.807) is 24.9 Å². The Kier molecular flexibility index (Phi) is 7.92. The number of rotatable bonds is 4. The van der Waals surface area contributed by atoms with Crippen molar-refractivity contribution in [2.75, 3.05) is 20.6 Å². The largest absolute Gasteiger partial charge is 0.416 e. The van der Waals surface area contributed by atoms with E-state index in [9.17, 15) is 35.5 Å². The number of alkyl halides is 6. The zero-order valence-electron chi connectivity index (χ0n) is 20.3. The maximum Gasteiger partial charge on any atom is 0.416 e. The number of carbonyl (C=O) groups excluding carboxylic acids is 1. The van der Waals surface area contributed by atoms with Gasteiger partial charge in [0.1, 0.15) is 5.82 Å². The van der Waals surface area contributed by atoms with E-state index in [-0.39, 0.29) is 17.7 Å². The number of likely N-dealkylation sites (tertiary alicyclic amines) is 1. The predicted molar refractivity (Wildman–Crippen MR) is 121 cm³/mol. The third kappa shape index (κ3) is 5.77. The topological polar surface area (TPSA) is 35.6 Å². The molecule has 2 aromatic rings. The molecule has 1 heterocycles. The van der Waals surface area contributed by atoms with Gasteiger partial charge in [-0.05, 0) is 80.8 Å². The zero-order valence-corrected chi connectivity index (χ0v) is 20.3. The Morgan fingerprint density at radius 3 is 2.14 bits per heavy atom. The highest BCUT2D eigenvalue weighted by molar-refractivity contribution is 5.75. The third-order valence-corrected chi connectivity index (χ3v) is 6.77. The first-order chi connectivity index (χ1) is 16.6. The Morgan fingerprint density at radius 2 is 1.64 bits per heavy atom. The molecule has 36 heavy (non-hydrogen) atoms. The minimum atomic E-state index is -4.99. The van der Waals surface area contributed by atoms with Crippen LogP contribution in [0.5, 0.6) is 0 Å². The van der Waals surface area contributed by atoms with Crippen LogP contribution in [-0.4, -0.2) is 42.5 Å². The number of amides is 2. The molecule has 1 saturated heterocycles. The van der Waals surface area contributed by atoms with Crippen LogP contribution in [0.3, 0.4) is 0 Å². The van der Waals surface area contributed by atoms with Crippen molar-refractivity contribution in [2.45, 2.75) is 57.2 Å². The number of piperidine rings is 1. The van der Waals surface area contributed by atoms with E-state index in [0.717, 1.165) is 11.3 Å². The van der Waals surface area contributed by atoms with Gasteiger partial charge >= 0.3 is 18.4 Å². The summed E-state index contributed by atoms with van der Waals surface area (Å²) in [6.45, 7) is 3.42. The molecule has 4 nitrogen and oxygen atoms in total. The zero-order chi connectivity index (χ0) is 27.0. The second-order valence-electron chi connectivity index (χ2n) is 9.09. The molecule has 3 unspecified atom stereocenters. The second-order valence-corrected chi connectivity index (χ2v) is 9.09. The number of benzene rings is 2. The molecule has 198 valence electrons. The average Bonchev–Trinajstić information content (AvgIpc) is 2.81. The van der Waals surface area contributed by atoms with Gasteiger partial charge in [0.15, 0.2) is 0 Å². The number of nitrogens with one attached hydrogen (secondary N) is 1. The number of likely N-dealkylation sites (N-methyl/N-ethyl adjacent to an activating group) is 1. The normalized spacial score (nSPS) is 19.8. The van der Waals surface area contributed by atoms with E-state index in [2.05, 4.69) is 5.32 Å². The number of carbonyl (C=O) groups is 1.